The van der Waals surface area contributed by atoms with Gasteiger partial charge in [-0.1, -0.05) is 0 Å². The van der Waals surface area contributed by atoms with E-state index in [9.17, 15) is 9.59 Å². The molecule has 8 heteroatoms. The first-order valence-electron chi connectivity index (χ1n) is 9.12. The fourth-order valence-corrected chi connectivity index (χ4v) is 3.22. The third kappa shape index (κ3) is 3.62. The van der Waals surface area contributed by atoms with Gasteiger partial charge in [0, 0.05) is 36.1 Å². The minimum absolute atomic E-state index is 0.207. The highest BCUT2D eigenvalue weighted by molar-refractivity contribution is 6.07. The van der Waals surface area contributed by atoms with Gasteiger partial charge in [-0.3, -0.25) is 9.78 Å². The van der Waals surface area contributed by atoms with Gasteiger partial charge in [-0.05, 0) is 37.3 Å². The largest absolute Gasteiger partial charge is 0.482 e. The summed E-state index contributed by atoms with van der Waals surface area (Å²) in [7, 11) is 1.57. The maximum atomic E-state index is 12.1. The molecule has 0 aliphatic heterocycles. The Kier molecular flexibility index (Phi) is 4.97. The highest BCUT2D eigenvalue weighted by Gasteiger charge is 2.18. The van der Waals surface area contributed by atoms with E-state index < -0.39 is 12.6 Å². The Morgan fingerprint density at radius 2 is 1.87 bits per heavy atom. The molecule has 0 aliphatic carbocycles. The van der Waals surface area contributed by atoms with Crippen LogP contribution in [0.4, 0.5) is 0 Å². The fraction of sp³-hybridized carbons (Fsp3) is 0.136. The van der Waals surface area contributed by atoms with Crippen LogP contribution < -0.4 is 14.8 Å². The summed E-state index contributed by atoms with van der Waals surface area (Å²) < 4.78 is 17.0. The van der Waals surface area contributed by atoms with E-state index in [1.165, 1.54) is 0 Å². The number of aliphatic carboxylic acids is 1. The quantitative estimate of drug-likeness (QED) is 0.499. The minimum atomic E-state index is -1.05. The lowest BCUT2D eigenvalue weighted by molar-refractivity contribution is -0.139. The number of hydrogen-bond acceptors (Lipinski definition) is 6. The van der Waals surface area contributed by atoms with Gasteiger partial charge in [-0.2, -0.15) is 0 Å². The Morgan fingerprint density at radius 1 is 1.10 bits per heavy atom. The molecule has 1 amide bonds. The molecule has 30 heavy (non-hydrogen) atoms. The monoisotopic (exact) mass is 406 g/mol. The SMILES string of the molecule is CNC(=O)c1c(C)oc2cc(Oc3ccnc4cc(OCC(=O)O)ccc34)ccc12. The first-order valence-corrected chi connectivity index (χ1v) is 9.12. The molecular formula is C22H18N2O6. The summed E-state index contributed by atoms with van der Waals surface area (Å²) in [5.41, 5.74) is 1.65. The number of ether oxygens (including phenoxy) is 2. The molecule has 0 unspecified atom stereocenters. The van der Waals surface area contributed by atoms with Crippen LogP contribution in [0.2, 0.25) is 0 Å². The lowest BCUT2D eigenvalue weighted by Gasteiger charge is -2.10. The van der Waals surface area contributed by atoms with Crippen molar-refractivity contribution in [3.63, 3.8) is 0 Å². The zero-order valence-corrected chi connectivity index (χ0v) is 16.3. The second-order valence-corrected chi connectivity index (χ2v) is 6.54. The van der Waals surface area contributed by atoms with Gasteiger partial charge in [-0.15, -0.1) is 0 Å². The Balaban J connectivity index is 1.66. The first-order chi connectivity index (χ1) is 14.5. The summed E-state index contributed by atoms with van der Waals surface area (Å²) in [4.78, 5) is 27.1. The predicted molar refractivity (Wildman–Crippen MR) is 109 cm³/mol. The summed E-state index contributed by atoms with van der Waals surface area (Å²) in [6.45, 7) is 1.31. The number of nitrogens with one attached hydrogen (secondary N) is 1. The van der Waals surface area contributed by atoms with Crippen LogP contribution in [0.3, 0.4) is 0 Å². The number of fused-ring (bicyclic) bond motifs is 2. The second kappa shape index (κ2) is 7.75. The minimum Gasteiger partial charge on any atom is -0.482 e. The van der Waals surface area contributed by atoms with Crippen molar-refractivity contribution in [2.75, 3.05) is 13.7 Å². The number of pyridine rings is 1. The van der Waals surface area contributed by atoms with Crippen molar-refractivity contribution < 1.29 is 28.6 Å². The van der Waals surface area contributed by atoms with Crippen molar-refractivity contribution in [2.24, 2.45) is 0 Å². The Morgan fingerprint density at radius 3 is 2.63 bits per heavy atom. The number of nitrogens with zero attached hydrogens (tertiary/aromatic N) is 1. The van der Waals surface area contributed by atoms with Crippen LogP contribution in [0, 0.1) is 6.92 Å². The standard InChI is InChI=1S/C22H18N2O6/c1-12-21(22(27)23-2)16-6-4-14(10-19(16)29-12)30-18-7-8-24-17-9-13(3-5-15(17)18)28-11-20(25)26/h3-10H,11H2,1-2H3,(H,23,27)(H,25,26). The zero-order valence-electron chi connectivity index (χ0n) is 16.3. The van der Waals surface area contributed by atoms with Gasteiger partial charge in [0.1, 0.15) is 28.6 Å². The van der Waals surface area contributed by atoms with Gasteiger partial charge in [0.05, 0.1) is 11.1 Å². The molecular weight excluding hydrogens is 388 g/mol. The van der Waals surface area contributed by atoms with Gasteiger partial charge in [0.15, 0.2) is 6.61 Å². The van der Waals surface area contributed by atoms with E-state index in [4.69, 9.17) is 19.0 Å². The molecule has 0 spiro atoms. The van der Waals surface area contributed by atoms with E-state index in [0.717, 1.165) is 5.39 Å². The van der Waals surface area contributed by atoms with Crippen molar-refractivity contribution >= 4 is 33.7 Å². The van der Waals surface area contributed by atoms with Crippen LogP contribution in [0.5, 0.6) is 17.2 Å². The summed E-state index contributed by atoms with van der Waals surface area (Å²) in [5.74, 6) is 0.787. The van der Waals surface area contributed by atoms with Gasteiger partial charge in [0.25, 0.3) is 5.91 Å². The normalized spacial score (nSPS) is 10.9. The molecule has 4 rings (SSSR count). The molecule has 0 atom stereocenters. The molecule has 2 N–H and O–H groups in total. The highest BCUT2D eigenvalue weighted by Crippen LogP contribution is 2.34. The molecule has 2 aromatic heterocycles. The number of carbonyl (C=O) groups is 2. The third-order valence-electron chi connectivity index (χ3n) is 4.56. The van der Waals surface area contributed by atoms with Gasteiger partial charge in [0.2, 0.25) is 0 Å². The predicted octanol–water partition coefficient (Wildman–Crippen LogP) is 3.90. The topological polar surface area (TPSA) is 111 Å². The van der Waals surface area contributed by atoms with E-state index in [0.29, 0.717) is 45.1 Å². The first kappa shape index (κ1) is 19.3. The van der Waals surface area contributed by atoms with E-state index in [-0.39, 0.29) is 5.91 Å². The fourth-order valence-electron chi connectivity index (χ4n) is 3.22. The molecule has 0 fully saturated rings. The van der Waals surface area contributed by atoms with Crippen LogP contribution in [-0.2, 0) is 4.79 Å². The average molecular weight is 406 g/mol. The van der Waals surface area contributed by atoms with Crippen LogP contribution >= 0.6 is 0 Å². The molecule has 0 radical (unpaired) electrons. The summed E-state index contributed by atoms with van der Waals surface area (Å²) in [5, 5.41) is 12.8. The number of carbonyl (C=O) groups excluding carboxylic acids is 1. The van der Waals surface area contributed by atoms with Crippen LogP contribution in [0.1, 0.15) is 16.1 Å². The van der Waals surface area contributed by atoms with Crippen LogP contribution in [0.25, 0.3) is 21.9 Å². The highest BCUT2D eigenvalue weighted by atomic mass is 16.5. The lowest BCUT2D eigenvalue weighted by atomic mass is 10.1. The van der Waals surface area contributed by atoms with Crippen molar-refractivity contribution in [1.29, 1.82) is 0 Å². The van der Waals surface area contributed by atoms with Crippen molar-refractivity contribution in [2.45, 2.75) is 6.92 Å². The maximum absolute atomic E-state index is 12.1. The number of rotatable bonds is 6. The Labute approximate surface area is 171 Å². The van der Waals surface area contributed by atoms with Gasteiger partial charge < -0.3 is 24.3 Å². The van der Waals surface area contributed by atoms with Crippen molar-refractivity contribution in [3.05, 3.63) is 60.0 Å². The Bertz CT molecular complexity index is 1280. The summed E-state index contributed by atoms with van der Waals surface area (Å²) in [6, 6.07) is 12.1. The van der Waals surface area contributed by atoms with Crippen LogP contribution in [0.15, 0.2) is 53.1 Å². The van der Waals surface area contributed by atoms with Crippen LogP contribution in [-0.4, -0.2) is 35.6 Å². The number of amides is 1. The van der Waals surface area contributed by atoms with E-state index >= 15 is 0 Å². The maximum Gasteiger partial charge on any atom is 0.341 e. The number of benzene rings is 2. The second-order valence-electron chi connectivity index (χ2n) is 6.54. The number of aromatic nitrogens is 1. The zero-order chi connectivity index (χ0) is 21.3. The molecule has 2 heterocycles. The van der Waals surface area contributed by atoms with Gasteiger partial charge in [-0.25, -0.2) is 4.79 Å². The third-order valence-corrected chi connectivity index (χ3v) is 4.56. The molecule has 8 nitrogen and oxygen atoms in total. The molecule has 0 bridgehead atoms. The Hall–Kier alpha value is -4.07. The van der Waals surface area contributed by atoms with E-state index in [1.807, 2.05) is 0 Å². The van der Waals surface area contributed by atoms with E-state index in [2.05, 4.69) is 10.3 Å². The molecule has 152 valence electrons. The number of aryl methyl sites for hydroxylation is 1. The van der Waals surface area contributed by atoms with Gasteiger partial charge >= 0.3 is 5.97 Å². The van der Waals surface area contributed by atoms with E-state index in [1.54, 1.807) is 62.6 Å². The average Bonchev–Trinajstić information content (AvgIpc) is 3.06. The summed E-state index contributed by atoms with van der Waals surface area (Å²) >= 11 is 0. The number of furan rings is 1. The van der Waals surface area contributed by atoms with Crippen molar-refractivity contribution in [1.82, 2.24) is 10.3 Å². The number of carboxylic acid groups (broad SMARTS) is 1. The molecule has 4 aromatic rings. The lowest BCUT2D eigenvalue weighted by Crippen LogP contribution is -2.18. The summed E-state index contributed by atoms with van der Waals surface area (Å²) in [6.07, 6.45) is 1.60. The molecule has 0 saturated heterocycles. The number of hydrogen-bond donors (Lipinski definition) is 2. The van der Waals surface area contributed by atoms with Crippen molar-refractivity contribution in [3.8, 4) is 17.2 Å². The molecule has 0 saturated carbocycles. The molecule has 0 aliphatic rings. The smallest absolute Gasteiger partial charge is 0.341 e. The number of carboxylic acids is 1. The molecule has 2 aromatic carbocycles.